The summed E-state index contributed by atoms with van der Waals surface area (Å²) >= 11 is 3.93. The fourth-order valence-corrected chi connectivity index (χ4v) is 2.57. The van der Waals surface area contributed by atoms with E-state index in [1.54, 1.807) is 11.3 Å². The van der Waals surface area contributed by atoms with Crippen LogP contribution in [0.25, 0.3) is 10.1 Å². The smallest absolute Gasteiger partial charge is 0.0790 e. The van der Waals surface area contributed by atoms with E-state index in [1.807, 2.05) is 0 Å². The Labute approximate surface area is 97.3 Å². The lowest BCUT2D eigenvalue weighted by molar-refractivity contribution is 1.85. The maximum absolute atomic E-state index is 3.11. The molecule has 0 nitrogen and oxygen atoms in total. The Hall–Kier alpha value is -0.180. The van der Waals surface area contributed by atoms with Crippen molar-refractivity contribution in [2.45, 2.75) is 0 Å². The normalized spacial score (nSPS) is 9.62. The number of hydrogen-bond acceptors (Lipinski definition) is 2. The van der Waals surface area contributed by atoms with E-state index in [9.17, 15) is 0 Å². The van der Waals surface area contributed by atoms with Crippen molar-refractivity contribution in [2.75, 3.05) is 0 Å². The van der Waals surface area contributed by atoms with E-state index in [0.29, 0.717) is 0 Å². The third-order valence-corrected chi connectivity index (χ3v) is 3.51. The van der Waals surface area contributed by atoms with Crippen LogP contribution in [0.2, 0.25) is 0 Å². The second-order valence-corrected chi connectivity index (χ2v) is 5.22. The molecular formula is C10H5IS2. The summed E-state index contributed by atoms with van der Waals surface area (Å²) in [6.07, 6.45) is 0. The monoisotopic (exact) mass is 316 g/mol. The van der Waals surface area contributed by atoms with Gasteiger partial charge in [-0.05, 0) is 37.6 Å². The molecule has 64 valence electrons. The fourth-order valence-electron chi connectivity index (χ4n) is 1.11. The molecule has 1 aromatic carbocycles. The number of halogens is 1. The molecular weight excluding hydrogens is 311 g/mol. The third-order valence-electron chi connectivity index (χ3n) is 1.64. The van der Waals surface area contributed by atoms with Crippen LogP contribution in [0.1, 0.15) is 4.88 Å². The first-order valence-electron chi connectivity index (χ1n) is 3.67. The Morgan fingerprint density at radius 1 is 1.31 bits per heavy atom. The zero-order chi connectivity index (χ0) is 9.10. The molecule has 0 N–H and O–H groups in total. The maximum atomic E-state index is 3.11. The van der Waals surface area contributed by atoms with E-state index >= 15 is 0 Å². The average Bonchev–Trinajstić information content (AvgIpc) is 2.57. The van der Waals surface area contributed by atoms with Crippen LogP contribution in [0.3, 0.4) is 0 Å². The molecule has 0 aliphatic heterocycles. The largest absolute Gasteiger partial charge is 0.127 e. The second kappa shape index (κ2) is 4.36. The summed E-state index contributed by atoms with van der Waals surface area (Å²) in [4.78, 5) is 1.14. The molecule has 0 bridgehead atoms. The average molecular weight is 316 g/mol. The van der Waals surface area contributed by atoms with E-state index in [-0.39, 0.29) is 0 Å². The standard InChI is InChI=1S/C10H5IS2/c11-12-6-5-9-7-8-3-1-2-4-10(8)13-9/h1-4,7H. The molecule has 0 aliphatic carbocycles. The van der Waals surface area contributed by atoms with Crippen LogP contribution >= 0.6 is 41.5 Å². The molecule has 0 fully saturated rings. The van der Waals surface area contributed by atoms with Crippen molar-refractivity contribution in [1.82, 2.24) is 0 Å². The molecule has 0 saturated carbocycles. The first-order chi connectivity index (χ1) is 6.40. The third kappa shape index (κ3) is 2.19. The SMILES string of the molecule is ISC#Cc1cc2ccccc2s1. The topological polar surface area (TPSA) is 0 Å². The van der Waals surface area contributed by atoms with Gasteiger partial charge in [-0.3, -0.25) is 0 Å². The summed E-state index contributed by atoms with van der Waals surface area (Å²) in [6.45, 7) is 0. The van der Waals surface area contributed by atoms with Gasteiger partial charge in [-0.25, -0.2) is 0 Å². The highest BCUT2D eigenvalue weighted by molar-refractivity contribution is 14.2. The summed E-state index contributed by atoms with van der Waals surface area (Å²) < 4.78 is 1.31. The molecule has 1 aromatic heterocycles. The van der Waals surface area contributed by atoms with Crippen molar-refractivity contribution in [3.63, 3.8) is 0 Å². The van der Waals surface area contributed by atoms with E-state index in [1.165, 1.54) is 19.0 Å². The van der Waals surface area contributed by atoms with Crippen molar-refractivity contribution < 1.29 is 0 Å². The fraction of sp³-hybridized carbons (Fsp3) is 0. The molecule has 13 heavy (non-hydrogen) atoms. The molecule has 0 saturated heterocycles. The molecule has 2 rings (SSSR count). The van der Waals surface area contributed by atoms with Gasteiger partial charge in [-0.1, -0.05) is 18.2 Å². The van der Waals surface area contributed by atoms with E-state index in [4.69, 9.17) is 0 Å². The number of hydrogen-bond donors (Lipinski definition) is 0. The zero-order valence-corrected chi connectivity index (χ0v) is 10.4. The van der Waals surface area contributed by atoms with Crippen LogP contribution in [-0.4, -0.2) is 0 Å². The van der Waals surface area contributed by atoms with Crippen molar-refractivity contribution in [3.8, 4) is 11.2 Å². The Kier molecular flexibility index (Phi) is 3.14. The lowest BCUT2D eigenvalue weighted by atomic mass is 10.2. The van der Waals surface area contributed by atoms with Gasteiger partial charge < -0.3 is 0 Å². The Balaban J connectivity index is 2.50. The highest BCUT2D eigenvalue weighted by atomic mass is 127. The minimum absolute atomic E-state index is 1.14. The van der Waals surface area contributed by atoms with Gasteiger partial charge in [-0.15, -0.1) is 11.3 Å². The predicted molar refractivity (Wildman–Crippen MR) is 70.3 cm³/mol. The minimum atomic E-state index is 1.14. The lowest BCUT2D eigenvalue weighted by Gasteiger charge is -1.82. The second-order valence-electron chi connectivity index (χ2n) is 2.45. The van der Waals surface area contributed by atoms with Gasteiger partial charge >= 0.3 is 0 Å². The highest BCUT2D eigenvalue weighted by Gasteiger charge is 1.96. The Morgan fingerprint density at radius 3 is 2.92 bits per heavy atom. The highest BCUT2D eigenvalue weighted by Crippen LogP contribution is 2.24. The van der Waals surface area contributed by atoms with Crippen molar-refractivity contribution in [1.29, 1.82) is 0 Å². The van der Waals surface area contributed by atoms with Gasteiger partial charge in [0.15, 0.2) is 0 Å². The number of thiophene rings is 1. The van der Waals surface area contributed by atoms with Crippen LogP contribution in [0, 0.1) is 11.2 Å². The molecule has 0 spiro atoms. The summed E-state index contributed by atoms with van der Waals surface area (Å²) in [6, 6.07) is 10.5. The van der Waals surface area contributed by atoms with Gasteiger partial charge in [0, 0.05) is 25.9 Å². The summed E-state index contributed by atoms with van der Waals surface area (Å²) in [5.41, 5.74) is 0. The van der Waals surface area contributed by atoms with E-state index in [2.05, 4.69) is 62.7 Å². The van der Waals surface area contributed by atoms with Gasteiger partial charge in [0.1, 0.15) is 0 Å². The molecule has 0 unspecified atom stereocenters. The van der Waals surface area contributed by atoms with E-state index < -0.39 is 0 Å². The van der Waals surface area contributed by atoms with Gasteiger partial charge in [-0.2, -0.15) is 0 Å². The number of rotatable bonds is 0. The van der Waals surface area contributed by atoms with Crippen LogP contribution in [0.4, 0.5) is 0 Å². The first-order valence-corrected chi connectivity index (χ1v) is 7.85. The van der Waals surface area contributed by atoms with Crippen molar-refractivity contribution in [2.24, 2.45) is 0 Å². The lowest BCUT2D eigenvalue weighted by Crippen LogP contribution is -1.57. The minimum Gasteiger partial charge on any atom is -0.127 e. The van der Waals surface area contributed by atoms with Crippen molar-refractivity contribution in [3.05, 3.63) is 35.2 Å². The first kappa shape index (κ1) is 9.38. The molecule has 0 radical (unpaired) electrons. The number of benzene rings is 1. The van der Waals surface area contributed by atoms with Gasteiger partial charge in [0.25, 0.3) is 0 Å². The van der Waals surface area contributed by atoms with E-state index in [0.717, 1.165) is 4.88 Å². The van der Waals surface area contributed by atoms with Crippen molar-refractivity contribution >= 4 is 51.6 Å². The Morgan fingerprint density at radius 2 is 2.15 bits per heavy atom. The maximum Gasteiger partial charge on any atom is 0.0790 e. The predicted octanol–water partition coefficient (Wildman–Crippen LogP) is 4.29. The number of fused-ring (bicyclic) bond motifs is 1. The van der Waals surface area contributed by atoms with Gasteiger partial charge in [0.2, 0.25) is 0 Å². The summed E-state index contributed by atoms with van der Waals surface area (Å²) in [5.74, 6) is 3.11. The summed E-state index contributed by atoms with van der Waals surface area (Å²) in [7, 11) is 1.52. The van der Waals surface area contributed by atoms with Crippen LogP contribution in [0.5, 0.6) is 0 Å². The molecule has 0 atom stereocenters. The molecule has 2 aromatic rings. The molecule has 0 aliphatic rings. The quantitative estimate of drug-likeness (QED) is 0.516. The van der Waals surface area contributed by atoms with Crippen LogP contribution in [-0.2, 0) is 0 Å². The molecule has 0 amide bonds. The van der Waals surface area contributed by atoms with Crippen LogP contribution in [0.15, 0.2) is 30.3 Å². The zero-order valence-electron chi connectivity index (χ0n) is 6.58. The Bertz CT molecular complexity index is 443. The molecule has 1 heterocycles. The van der Waals surface area contributed by atoms with Crippen LogP contribution < -0.4 is 0 Å². The summed E-state index contributed by atoms with van der Waals surface area (Å²) in [5, 5.41) is 4.28. The van der Waals surface area contributed by atoms with Gasteiger partial charge in [0.05, 0.1) is 4.88 Å². The molecule has 3 heteroatoms.